The number of hydrogen-bond acceptors (Lipinski definition) is 2. The van der Waals surface area contributed by atoms with E-state index in [4.69, 9.17) is 4.98 Å². The van der Waals surface area contributed by atoms with Crippen LogP contribution in [-0.4, -0.2) is 22.0 Å². The summed E-state index contributed by atoms with van der Waals surface area (Å²) in [6, 6.07) is 24.0. The fraction of sp³-hybridized carbons (Fsp3) is 0.333. The van der Waals surface area contributed by atoms with Crippen molar-refractivity contribution in [3.63, 3.8) is 0 Å². The molecule has 1 unspecified atom stereocenters. The number of amides is 1. The Hall–Kier alpha value is -3.66. The molecule has 1 aliphatic carbocycles. The van der Waals surface area contributed by atoms with Gasteiger partial charge in [0.05, 0.1) is 5.69 Å². The van der Waals surface area contributed by atoms with Crippen molar-refractivity contribution in [1.29, 1.82) is 0 Å². The van der Waals surface area contributed by atoms with E-state index in [-0.39, 0.29) is 5.91 Å². The zero-order valence-corrected chi connectivity index (χ0v) is 21.8. The Morgan fingerprint density at radius 3 is 2.32 bits per heavy atom. The van der Waals surface area contributed by atoms with E-state index in [0.717, 1.165) is 55.9 Å². The molecule has 2 heterocycles. The minimum Gasteiger partial charge on any atom is -0.356 e. The van der Waals surface area contributed by atoms with Crippen LogP contribution in [-0.2, 0) is 30.6 Å². The van der Waals surface area contributed by atoms with Crippen LogP contribution in [0.2, 0.25) is 0 Å². The molecule has 0 bridgehead atoms. The summed E-state index contributed by atoms with van der Waals surface area (Å²) in [5.41, 5.74) is 10.1. The second kappa shape index (κ2) is 10.0. The van der Waals surface area contributed by atoms with Crippen molar-refractivity contribution >= 4 is 5.91 Å². The number of aryl methyl sites for hydroxylation is 3. The smallest absolute Gasteiger partial charge is 0.220 e. The maximum Gasteiger partial charge on any atom is 0.220 e. The van der Waals surface area contributed by atoms with Gasteiger partial charge in [0, 0.05) is 37.7 Å². The normalized spacial score (nSPS) is 16.9. The van der Waals surface area contributed by atoms with Crippen LogP contribution in [0.15, 0.2) is 72.9 Å². The van der Waals surface area contributed by atoms with Crippen molar-refractivity contribution in [3.05, 3.63) is 101 Å². The largest absolute Gasteiger partial charge is 0.356 e. The Morgan fingerprint density at radius 1 is 0.892 bits per heavy atom. The second-order valence-corrected chi connectivity index (χ2v) is 11.0. The van der Waals surface area contributed by atoms with Gasteiger partial charge in [0.2, 0.25) is 5.91 Å². The summed E-state index contributed by atoms with van der Waals surface area (Å²) in [6.45, 7) is 5.97. The average molecular weight is 490 g/mol. The van der Waals surface area contributed by atoms with Crippen molar-refractivity contribution in [3.8, 4) is 22.4 Å². The van der Waals surface area contributed by atoms with E-state index in [1.807, 2.05) is 0 Å². The maximum atomic E-state index is 12.7. The Bertz CT molecular complexity index is 1410. The molecule has 1 N–H and O–H groups in total. The van der Waals surface area contributed by atoms with Crippen LogP contribution in [0.4, 0.5) is 0 Å². The molecule has 188 valence electrons. The third kappa shape index (κ3) is 5.11. The first-order chi connectivity index (χ1) is 18.0. The number of carbonyl (C=O) groups excluding carboxylic acids is 1. The molecule has 1 aliphatic heterocycles. The predicted molar refractivity (Wildman–Crippen MR) is 149 cm³/mol. The van der Waals surface area contributed by atoms with E-state index in [0.29, 0.717) is 18.3 Å². The van der Waals surface area contributed by atoms with E-state index in [1.54, 1.807) is 0 Å². The van der Waals surface area contributed by atoms with Gasteiger partial charge in [-0.15, -0.1) is 0 Å². The minimum atomic E-state index is 0.193. The monoisotopic (exact) mass is 489 g/mol. The summed E-state index contributed by atoms with van der Waals surface area (Å²) in [5.74, 6) is 2.23. The van der Waals surface area contributed by atoms with Crippen LogP contribution < -0.4 is 5.32 Å². The highest BCUT2D eigenvalue weighted by Gasteiger charge is 2.25. The molecule has 3 aromatic carbocycles. The van der Waals surface area contributed by atoms with Gasteiger partial charge in [-0.05, 0) is 78.3 Å². The van der Waals surface area contributed by atoms with Gasteiger partial charge in [0.25, 0.3) is 0 Å². The molecule has 4 heteroatoms. The van der Waals surface area contributed by atoms with Gasteiger partial charge in [-0.3, -0.25) is 4.79 Å². The summed E-state index contributed by atoms with van der Waals surface area (Å²) in [7, 11) is 0. The van der Waals surface area contributed by atoms with E-state index in [1.165, 1.54) is 33.4 Å². The van der Waals surface area contributed by atoms with Crippen molar-refractivity contribution in [2.75, 3.05) is 6.54 Å². The molecule has 1 aromatic heterocycles. The van der Waals surface area contributed by atoms with Crippen LogP contribution in [0.1, 0.15) is 40.9 Å². The van der Waals surface area contributed by atoms with Crippen LogP contribution >= 0.6 is 0 Å². The zero-order chi connectivity index (χ0) is 25.4. The van der Waals surface area contributed by atoms with Crippen LogP contribution in [0.25, 0.3) is 22.4 Å². The number of fused-ring (bicyclic) bond motifs is 2. The van der Waals surface area contributed by atoms with Gasteiger partial charge in [-0.25, -0.2) is 4.98 Å². The second-order valence-electron chi connectivity index (χ2n) is 11.0. The van der Waals surface area contributed by atoms with Crippen molar-refractivity contribution < 1.29 is 4.79 Å². The first-order valence-electron chi connectivity index (χ1n) is 13.6. The van der Waals surface area contributed by atoms with E-state index in [9.17, 15) is 4.79 Å². The highest BCUT2D eigenvalue weighted by Crippen LogP contribution is 2.30. The molecular formula is C33H35N3O. The number of nitrogens with zero attached hydrogens (tertiary/aromatic N) is 2. The summed E-state index contributed by atoms with van der Waals surface area (Å²) in [5, 5.41) is 3.23. The molecule has 6 rings (SSSR count). The molecule has 0 spiro atoms. The van der Waals surface area contributed by atoms with E-state index in [2.05, 4.69) is 96.7 Å². The first kappa shape index (κ1) is 23.7. The lowest BCUT2D eigenvalue weighted by molar-refractivity contribution is -0.122. The van der Waals surface area contributed by atoms with Gasteiger partial charge >= 0.3 is 0 Å². The molecule has 37 heavy (non-hydrogen) atoms. The highest BCUT2D eigenvalue weighted by atomic mass is 16.1. The molecule has 4 aromatic rings. The Morgan fingerprint density at radius 2 is 1.59 bits per heavy atom. The molecule has 0 saturated heterocycles. The molecule has 0 radical (unpaired) electrons. The summed E-state index contributed by atoms with van der Waals surface area (Å²) in [4.78, 5) is 17.6. The van der Waals surface area contributed by atoms with Crippen molar-refractivity contribution in [2.45, 2.75) is 52.5 Å². The fourth-order valence-electron chi connectivity index (χ4n) is 5.96. The lowest BCUT2D eigenvalue weighted by Gasteiger charge is -2.24. The third-order valence-electron chi connectivity index (χ3n) is 8.31. The summed E-state index contributed by atoms with van der Waals surface area (Å²) in [6.07, 6.45) is 6.89. The number of benzene rings is 3. The minimum absolute atomic E-state index is 0.193. The molecule has 1 amide bonds. The molecule has 2 aliphatic rings. The summed E-state index contributed by atoms with van der Waals surface area (Å²) >= 11 is 0. The van der Waals surface area contributed by atoms with E-state index >= 15 is 0 Å². The van der Waals surface area contributed by atoms with Crippen LogP contribution in [0.5, 0.6) is 0 Å². The fourth-order valence-corrected chi connectivity index (χ4v) is 5.96. The Balaban J connectivity index is 1.04. The molecule has 1 atom stereocenters. The van der Waals surface area contributed by atoms with Gasteiger partial charge in [0.15, 0.2) is 0 Å². The zero-order valence-electron chi connectivity index (χ0n) is 21.8. The number of hydrogen-bond donors (Lipinski definition) is 1. The van der Waals surface area contributed by atoms with Crippen molar-refractivity contribution in [1.82, 2.24) is 14.9 Å². The number of carbonyl (C=O) groups is 1. The van der Waals surface area contributed by atoms with E-state index < -0.39 is 0 Å². The molecule has 0 saturated carbocycles. The van der Waals surface area contributed by atoms with Gasteiger partial charge in [0.1, 0.15) is 5.82 Å². The molecule has 4 nitrogen and oxygen atoms in total. The van der Waals surface area contributed by atoms with Gasteiger partial charge < -0.3 is 9.88 Å². The highest BCUT2D eigenvalue weighted by molar-refractivity contribution is 5.76. The lowest BCUT2D eigenvalue weighted by atomic mass is 9.98. The predicted octanol–water partition coefficient (Wildman–Crippen LogP) is 6.32. The quantitative estimate of drug-likeness (QED) is 0.345. The maximum absolute atomic E-state index is 12.7. The van der Waals surface area contributed by atoms with Crippen molar-refractivity contribution in [2.24, 2.45) is 11.8 Å². The average Bonchev–Trinajstić information content (AvgIpc) is 3.52. The SMILES string of the molecule is Cc1ccc(-c2ccc(-c3cn4c(n3)CCC(CNC(=O)CC3Cc5ccccc5C3)C4)cc2)cc1C. The number of nitrogens with one attached hydrogen (secondary N) is 1. The van der Waals surface area contributed by atoms with Gasteiger partial charge in [-0.1, -0.05) is 66.7 Å². The Labute approximate surface area is 219 Å². The first-order valence-corrected chi connectivity index (χ1v) is 13.6. The van der Waals surface area contributed by atoms with Crippen LogP contribution in [0.3, 0.4) is 0 Å². The molecule has 0 fully saturated rings. The lowest BCUT2D eigenvalue weighted by Crippen LogP contribution is -2.34. The third-order valence-corrected chi connectivity index (χ3v) is 8.31. The number of aromatic nitrogens is 2. The topological polar surface area (TPSA) is 46.9 Å². The standard InChI is InChI=1S/C33H35N3O/c1-22-7-9-30(15-23(22)2)26-10-12-27(13-11-26)31-21-36-20-24(8-14-32(36)35-31)19-34-33(37)18-25-16-28-5-3-4-6-29(28)17-25/h3-7,9-13,15,21,24-25H,8,14,16-20H2,1-2H3,(H,34,37). The molecular weight excluding hydrogens is 454 g/mol. The van der Waals surface area contributed by atoms with Gasteiger partial charge in [-0.2, -0.15) is 0 Å². The summed E-state index contributed by atoms with van der Waals surface area (Å²) < 4.78 is 2.29. The number of rotatable bonds is 6. The van der Waals surface area contributed by atoms with Crippen LogP contribution in [0, 0.1) is 25.7 Å². The Kier molecular flexibility index (Phi) is 6.42. The number of imidazole rings is 1.